The van der Waals surface area contributed by atoms with Gasteiger partial charge < -0.3 is 5.32 Å². The Morgan fingerprint density at radius 3 is 2.63 bits per heavy atom. The molecule has 5 nitrogen and oxygen atoms in total. The van der Waals surface area contributed by atoms with Gasteiger partial charge in [-0.1, -0.05) is 42.1 Å². The smallest absolute Gasteiger partial charge is 0.230 e. The Labute approximate surface area is 164 Å². The molecule has 0 saturated carbocycles. The molecule has 3 rings (SSSR count). The summed E-state index contributed by atoms with van der Waals surface area (Å²) in [6.07, 6.45) is 1.68. The van der Waals surface area contributed by atoms with Gasteiger partial charge in [0, 0.05) is 5.69 Å². The first-order valence-corrected chi connectivity index (χ1v) is 9.89. The van der Waals surface area contributed by atoms with Crippen LogP contribution < -0.4 is 5.32 Å². The average Bonchev–Trinajstić information content (AvgIpc) is 3.11. The minimum atomic E-state index is -0.0306. The first-order valence-electron chi connectivity index (χ1n) is 8.91. The maximum atomic E-state index is 12.4. The van der Waals surface area contributed by atoms with Crippen molar-refractivity contribution in [3.05, 3.63) is 71.0 Å². The summed E-state index contributed by atoms with van der Waals surface area (Å²) in [5, 5.41) is 11.9. The van der Waals surface area contributed by atoms with E-state index in [-0.39, 0.29) is 11.9 Å². The number of nitrogens with zero attached hydrogens (tertiary/aromatic N) is 3. The van der Waals surface area contributed by atoms with E-state index in [1.165, 1.54) is 28.5 Å². The summed E-state index contributed by atoms with van der Waals surface area (Å²) in [5.74, 6) is 0.269. The second-order valence-corrected chi connectivity index (χ2v) is 7.63. The van der Waals surface area contributed by atoms with Crippen LogP contribution in [-0.2, 0) is 4.79 Å². The summed E-state index contributed by atoms with van der Waals surface area (Å²) in [5.41, 5.74) is 5.76. The van der Waals surface area contributed by atoms with E-state index in [1.807, 2.05) is 35.8 Å². The fraction of sp³-hybridized carbons (Fsp3) is 0.286. The average molecular weight is 381 g/mol. The highest BCUT2D eigenvalue weighted by atomic mass is 32.2. The molecule has 1 unspecified atom stereocenters. The van der Waals surface area contributed by atoms with Gasteiger partial charge in [-0.15, -0.1) is 10.2 Å². The number of nitrogens with one attached hydrogen (secondary N) is 1. The molecule has 3 aromatic rings. The van der Waals surface area contributed by atoms with Crippen LogP contribution in [0.3, 0.4) is 0 Å². The summed E-state index contributed by atoms with van der Waals surface area (Å²) >= 11 is 1.39. The number of carbonyl (C=O) groups is 1. The molecule has 1 N–H and O–H groups in total. The number of aryl methyl sites for hydroxylation is 3. The number of carbonyl (C=O) groups excluding carboxylic acids is 1. The first-order chi connectivity index (χ1) is 13.0. The van der Waals surface area contributed by atoms with E-state index in [9.17, 15) is 4.79 Å². The number of hydrogen-bond donors (Lipinski definition) is 1. The Morgan fingerprint density at radius 2 is 1.89 bits per heavy atom. The van der Waals surface area contributed by atoms with Crippen molar-refractivity contribution in [3.8, 4) is 5.69 Å². The molecule has 0 aliphatic rings. The van der Waals surface area contributed by atoms with E-state index in [4.69, 9.17) is 0 Å². The highest BCUT2D eigenvalue weighted by molar-refractivity contribution is 7.99. The monoisotopic (exact) mass is 380 g/mol. The molecule has 27 heavy (non-hydrogen) atoms. The molecule has 0 radical (unpaired) electrons. The van der Waals surface area contributed by atoms with Gasteiger partial charge in [0.2, 0.25) is 5.91 Å². The lowest BCUT2D eigenvalue weighted by Gasteiger charge is -2.16. The van der Waals surface area contributed by atoms with Gasteiger partial charge in [-0.2, -0.15) is 0 Å². The van der Waals surface area contributed by atoms with Crippen molar-refractivity contribution in [1.82, 2.24) is 20.1 Å². The molecule has 2 aromatic carbocycles. The van der Waals surface area contributed by atoms with Gasteiger partial charge in [0.15, 0.2) is 5.16 Å². The predicted octanol–water partition coefficient (Wildman–Crippen LogP) is 4.16. The van der Waals surface area contributed by atoms with Crippen LogP contribution in [0.5, 0.6) is 0 Å². The largest absolute Gasteiger partial charge is 0.349 e. The van der Waals surface area contributed by atoms with Crippen LogP contribution in [0.1, 0.15) is 35.2 Å². The lowest BCUT2D eigenvalue weighted by molar-refractivity contribution is -0.119. The zero-order valence-electron chi connectivity index (χ0n) is 16.1. The molecule has 0 bridgehead atoms. The lowest BCUT2D eigenvalue weighted by Crippen LogP contribution is -2.28. The maximum absolute atomic E-state index is 12.4. The van der Waals surface area contributed by atoms with Gasteiger partial charge in [-0.25, -0.2) is 0 Å². The van der Waals surface area contributed by atoms with E-state index in [0.29, 0.717) is 10.9 Å². The molecule has 0 aliphatic carbocycles. The van der Waals surface area contributed by atoms with Gasteiger partial charge in [0.05, 0.1) is 11.8 Å². The predicted molar refractivity (Wildman–Crippen MR) is 109 cm³/mol. The van der Waals surface area contributed by atoms with Crippen LogP contribution in [0.2, 0.25) is 0 Å². The second-order valence-electron chi connectivity index (χ2n) is 6.69. The van der Waals surface area contributed by atoms with Gasteiger partial charge in [-0.05, 0) is 62.1 Å². The van der Waals surface area contributed by atoms with Crippen LogP contribution in [-0.4, -0.2) is 26.4 Å². The first kappa shape index (κ1) is 19.2. The number of rotatable bonds is 6. The normalized spacial score (nSPS) is 12.0. The van der Waals surface area contributed by atoms with Gasteiger partial charge in [0.1, 0.15) is 6.33 Å². The summed E-state index contributed by atoms with van der Waals surface area (Å²) < 4.78 is 1.91. The highest BCUT2D eigenvalue weighted by Crippen LogP contribution is 2.22. The summed E-state index contributed by atoms with van der Waals surface area (Å²) in [7, 11) is 0. The Kier molecular flexibility index (Phi) is 5.96. The van der Waals surface area contributed by atoms with Crippen molar-refractivity contribution < 1.29 is 4.79 Å². The fourth-order valence-corrected chi connectivity index (χ4v) is 3.68. The second kappa shape index (κ2) is 8.39. The SMILES string of the molecule is Cc1ccc(-n2cnnc2SCC(=O)NC(C)c2ccccc2C)cc1C. The third kappa shape index (κ3) is 4.57. The number of hydrogen-bond acceptors (Lipinski definition) is 4. The highest BCUT2D eigenvalue weighted by Gasteiger charge is 2.14. The summed E-state index contributed by atoms with van der Waals surface area (Å²) in [6.45, 7) is 8.22. The molecule has 1 atom stereocenters. The third-order valence-electron chi connectivity index (χ3n) is 4.65. The van der Waals surface area contributed by atoms with Gasteiger partial charge >= 0.3 is 0 Å². The van der Waals surface area contributed by atoms with Crippen molar-refractivity contribution >= 4 is 17.7 Å². The molecular formula is C21H24N4OS. The Morgan fingerprint density at radius 1 is 1.11 bits per heavy atom. The van der Waals surface area contributed by atoms with Crippen LogP contribution >= 0.6 is 11.8 Å². The fourth-order valence-electron chi connectivity index (χ4n) is 2.94. The van der Waals surface area contributed by atoms with Crippen LogP contribution in [0.25, 0.3) is 5.69 Å². The lowest BCUT2D eigenvalue weighted by atomic mass is 10.0. The van der Waals surface area contributed by atoms with E-state index in [2.05, 4.69) is 54.5 Å². The zero-order chi connectivity index (χ0) is 19.4. The van der Waals surface area contributed by atoms with Crippen molar-refractivity contribution in [2.75, 3.05) is 5.75 Å². The van der Waals surface area contributed by atoms with Gasteiger partial charge in [-0.3, -0.25) is 9.36 Å². The minimum absolute atomic E-state index is 0.0228. The van der Waals surface area contributed by atoms with Crippen molar-refractivity contribution in [3.63, 3.8) is 0 Å². The van der Waals surface area contributed by atoms with E-state index < -0.39 is 0 Å². The van der Waals surface area contributed by atoms with E-state index in [1.54, 1.807) is 6.33 Å². The summed E-state index contributed by atoms with van der Waals surface area (Å²) in [4.78, 5) is 12.4. The maximum Gasteiger partial charge on any atom is 0.230 e. The third-order valence-corrected chi connectivity index (χ3v) is 5.59. The number of aromatic nitrogens is 3. The quantitative estimate of drug-likeness (QED) is 0.652. The summed E-state index contributed by atoms with van der Waals surface area (Å²) in [6, 6.07) is 14.3. The number of amides is 1. The molecule has 6 heteroatoms. The Bertz CT molecular complexity index is 951. The zero-order valence-corrected chi connectivity index (χ0v) is 16.9. The molecule has 1 amide bonds. The van der Waals surface area contributed by atoms with Crippen molar-refractivity contribution in [2.45, 2.75) is 38.9 Å². The minimum Gasteiger partial charge on any atom is -0.349 e. The number of thioether (sulfide) groups is 1. The van der Waals surface area contributed by atoms with Gasteiger partial charge in [0.25, 0.3) is 0 Å². The molecule has 0 saturated heterocycles. The van der Waals surface area contributed by atoms with Crippen molar-refractivity contribution in [1.29, 1.82) is 0 Å². The number of benzene rings is 2. The topological polar surface area (TPSA) is 59.8 Å². The molecular weight excluding hydrogens is 356 g/mol. The molecule has 0 spiro atoms. The molecule has 0 aliphatic heterocycles. The Balaban J connectivity index is 1.64. The van der Waals surface area contributed by atoms with E-state index in [0.717, 1.165) is 11.3 Å². The van der Waals surface area contributed by atoms with Crippen molar-refractivity contribution in [2.24, 2.45) is 0 Å². The molecule has 140 valence electrons. The van der Waals surface area contributed by atoms with Crippen LogP contribution in [0.15, 0.2) is 53.9 Å². The Hall–Kier alpha value is -2.60. The van der Waals surface area contributed by atoms with E-state index >= 15 is 0 Å². The standard InChI is InChI=1S/C21H24N4OS/c1-14-9-10-18(11-16(14)3)25-13-22-24-21(25)27-12-20(26)23-17(4)19-8-6-5-7-15(19)2/h5-11,13,17H,12H2,1-4H3,(H,23,26). The molecule has 1 aromatic heterocycles. The molecule has 1 heterocycles. The molecule has 0 fully saturated rings. The van der Waals surface area contributed by atoms with Crippen LogP contribution in [0.4, 0.5) is 0 Å². The van der Waals surface area contributed by atoms with Crippen LogP contribution in [0, 0.1) is 20.8 Å².